The Morgan fingerprint density at radius 3 is 2.48 bits per heavy atom. The van der Waals surface area contributed by atoms with Gasteiger partial charge in [0.05, 0.1) is 5.39 Å². The maximum Gasteiger partial charge on any atom is 0.253 e. The lowest BCUT2D eigenvalue weighted by molar-refractivity contribution is 0.0746. The van der Waals surface area contributed by atoms with E-state index in [1.165, 1.54) is 21.4 Å². The Bertz CT molecular complexity index is 1150. The van der Waals surface area contributed by atoms with Gasteiger partial charge in [-0.2, -0.15) is 0 Å². The zero-order valence-corrected chi connectivity index (χ0v) is 20.7. The lowest BCUT2D eigenvalue weighted by Gasteiger charge is -2.36. The molecular weight excluding hydrogens is 430 g/mol. The van der Waals surface area contributed by atoms with Gasteiger partial charge in [0.1, 0.15) is 16.5 Å². The normalized spacial score (nSPS) is 16.9. The predicted molar refractivity (Wildman–Crippen MR) is 135 cm³/mol. The number of piperazine rings is 1. The number of hydrogen-bond donors (Lipinski definition) is 0. The third-order valence-corrected chi connectivity index (χ3v) is 8.00. The largest absolute Gasteiger partial charge is 0.352 e. The fraction of sp³-hybridized carbons (Fsp3) is 0.500. The lowest BCUT2D eigenvalue weighted by atomic mass is 10.0. The van der Waals surface area contributed by atoms with Crippen molar-refractivity contribution < 1.29 is 4.79 Å². The van der Waals surface area contributed by atoms with Gasteiger partial charge in [0.2, 0.25) is 0 Å². The van der Waals surface area contributed by atoms with Crippen LogP contribution >= 0.6 is 11.3 Å². The molecule has 0 saturated carbocycles. The van der Waals surface area contributed by atoms with Crippen molar-refractivity contribution in [2.45, 2.75) is 46.6 Å². The molecule has 7 heteroatoms. The van der Waals surface area contributed by atoms with Crippen molar-refractivity contribution in [1.29, 1.82) is 0 Å². The lowest BCUT2D eigenvalue weighted by Crippen LogP contribution is -2.49. The third kappa shape index (κ3) is 4.36. The molecule has 0 N–H and O–H groups in total. The first-order valence-electron chi connectivity index (χ1n) is 12.2. The molecular formula is C26H33N5OS. The molecule has 6 nitrogen and oxygen atoms in total. The molecule has 0 bridgehead atoms. The van der Waals surface area contributed by atoms with Crippen LogP contribution in [0.4, 0.5) is 5.82 Å². The summed E-state index contributed by atoms with van der Waals surface area (Å²) in [5.41, 5.74) is 3.40. The number of aryl methyl sites for hydroxylation is 2. The Kier molecular flexibility index (Phi) is 6.34. The van der Waals surface area contributed by atoms with Crippen LogP contribution in [0.3, 0.4) is 0 Å². The highest BCUT2D eigenvalue weighted by molar-refractivity contribution is 7.19. The van der Waals surface area contributed by atoms with Crippen LogP contribution < -0.4 is 4.90 Å². The monoisotopic (exact) mass is 463 g/mol. The van der Waals surface area contributed by atoms with E-state index in [-0.39, 0.29) is 5.91 Å². The van der Waals surface area contributed by atoms with Gasteiger partial charge >= 0.3 is 0 Å². The Morgan fingerprint density at radius 1 is 1.03 bits per heavy atom. The molecule has 4 heterocycles. The maximum absolute atomic E-state index is 13.0. The highest BCUT2D eigenvalue weighted by atomic mass is 32.1. The van der Waals surface area contributed by atoms with Gasteiger partial charge in [0.15, 0.2) is 0 Å². The van der Waals surface area contributed by atoms with E-state index >= 15 is 0 Å². The molecule has 3 aromatic rings. The smallest absolute Gasteiger partial charge is 0.253 e. The van der Waals surface area contributed by atoms with Gasteiger partial charge in [0.25, 0.3) is 5.91 Å². The van der Waals surface area contributed by atoms with E-state index < -0.39 is 0 Å². The number of anilines is 1. The van der Waals surface area contributed by atoms with Crippen molar-refractivity contribution in [3.63, 3.8) is 0 Å². The highest BCUT2D eigenvalue weighted by Gasteiger charge is 2.28. The summed E-state index contributed by atoms with van der Waals surface area (Å²) in [6.45, 7) is 12.7. The van der Waals surface area contributed by atoms with Gasteiger partial charge in [-0.25, -0.2) is 9.97 Å². The summed E-state index contributed by atoms with van der Waals surface area (Å²) in [6.07, 6.45) is 3.01. The van der Waals surface area contributed by atoms with Gasteiger partial charge in [0, 0.05) is 56.1 Å². The number of carbonyl (C=O) groups is 1. The number of thiophene rings is 1. The van der Waals surface area contributed by atoms with Gasteiger partial charge in [-0.1, -0.05) is 31.5 Å². The average molecular weight is 464 g/mol. The molecule has 1 aromatic carbocycles. The average Bonchev–Trinajstić information content (AvgIpc) is 3.21. The van der Waals surface area contributed by atoms with Crippen molar-refractivity contribution in [3.8, 4) is 0 Å². The van der Waals surface area contributed by atoms with Gasteiger partial charge in [-0.3, -0.25) is 9.69 Å². The maximum atomic E-state index is 13.0. The highest BCUT2D eigenvalue weighted by Crippen LogP contribution is 2.39. The summed E-state index contributed by atoms with van der Waals surface area (Å²) in [6, 6.07) is 7.89. The summed E-state index contributed by atoms with van der Waals surface area (Å²) in [7, 11) is 0. The van der Waals surface area contributed by atoms with E-state index in [4.69, 9.17) is 9.97 Å². The van der Waals surface area contributed by atoms with E-state index in [0.717, 1.165) is 87.1 Å². The number of rotatable bonds is 5. The molecule has 0 spiro atoms. The molecule has 1 amide bonds. The molecule has 2 aliphatic rings. The van der Waals surface area contributed by atoms with Gasteiger partial charge in [-0.15, -0.1) is 11.3 Å². The van der Waals surface area contributed by atoms with Crippen LogP contribution in [0.5, 0.6) is 0 Å². The third-order valence-electron chi connectivity index (χ3n) is 6.89. The van der Waals surface area contributed by atoms with Crippen molar-refractivity contribution in [2.75, 3.05) is 44.2 Å². The molecule has 174 valence electrons. The van der Waals surface area contributed by atoms with E-state index in [1.807, 2.05) is 47.4 Å². The number of aromatic nitrogens is 2. The number of likely N-dealkylation sites (N-methyl/N-ethyl adjacent to an activating group) is 1. The van der Waals surface area contributed by atoms with Crippen molar-refractivity contribution >= 4 is 33.3 Å². The molecule has 0 atom stereocenters. The van der Waals surface area contributed by atoms with E-state index in [2.05, 4.69) is 23.6 Å². The Hall–Kier alpha value is -2.51. The van der Waals surface area contributed by atoms with Gasteiger partial charge < -0.3 is 9.80 Å². The first-order valence-corrected chi connectivity index (χ1v) is 13.0. The minimum atomic E-state index is 0.127. The molecule has 0 radical (unpaired) electrons. The Morgan fingerprint density at radius 2 is 1.79 bits per heavy atom. The molecule has 1 saturated heterocycles. The van der Waals surface area contributed by atoms with Crippen molar-refractivity contribution in [2.24, 2.45) is 0 Å². The zero-order valence-electron chi connectivity index (χ0n) is 19.9. The number of fused-ring (bicyclic) bond motifs is 3. The molecule has 33 heavy (non-hydrogen) atoms. The topological polar surface area (TPSA) is 52.6 Å². The quantitative estimate of drug-likeness (QED) is 0.565. The fourth-order valence-corrected chi connectivity index (χ4v) is 6.18. The molecule has 2 aromatic heterocycles. The van der Waals surface area contributed by atoms with Crippen LogP contribution in [0.25, 0.3) is 10.2 Å². The summed E-state index contributed by atoms with van der Waals surface area (Å²) >= 11 is 1.86. The first-order chi connectivity index (χ1) is 16.1. The molecule has 5 rings (SSSR count). The number of amides is 1. The predicted octanol–water partition coefficient (Wildman–Crippen LogP) is 4.29. The SMILES string of the molecule is CCCc1nc(N2CCN(C(=O)c3ccc(C)cc3)CC2)c2c3c(sc2n1)CN(CC)CC3. The van der Waals surface area contributed by atoms with E-state index in [1.54, 1.807) is 0 Å². The number of benzene rings is 1. The van der Waals surface area contributed by atoms with Gasteiger partial charge in [-0.05, 0) is 44.0 Å². The first kappa shape index (κ1) is 22.3. The molecule has 0 aliphatic carbocycles. The summed E-state index contributed by atoms with van der Waals surface area (Å²) in [5.74, 6) is 2.17. The zero-order chi connectivity index (χ0) is 22.9. The second-order valence-electron chi connectivity index (χ2n) is 9.16. The van der Waals surface area contributed by atoms with Crippen LogP contribution in [-0.4, -0.2) is 64.9 Å². The van der Waals surface area contributed by atoms with Crippen LogP contribution in [-0.2, 0) is 19.4 Å². The Balaban J connectivity index is 1.41. The number of hydrogen-bond acceptors (Lipinski definition) is 6. The molecule has 1 fully saturated rings. The number of nitrogens with zero attached hydrogens (tertiary/aromatic N) is 5. The minimum absolute atomic E-state index is 0.127. The van der Waals surface area contributed by atoms with E-state index in [0.29, 0.717) is 0 Å². The second kappa shape index (κ2) is 9.39. The summed E-state index contributed by atoms with van der Waals surface area (Å²) in [4.78, 5) is 32.5. The van der Waals surface area contributed by atoms with E-state index in [9.17, 15) is 4.79 Å². The van der Waals surface area contributed by atoms with Crippen molar-refractivity contribution in [1.82, 2.24) is 19.8 Å². The number of carbonyl (C=O) groups excluding carboxylic acids is 1. The van der Waals surface area contributed by atoms with Crippen LogP contribution in [0.1, 0.15) is 52.5 Å². The summed E-state index contributed by atoms with van der Waals surface area (Å²) in [5, 5.41) is 1.27. The molecule has 0 unspecified atom stereocenters. The van der Waals surface area contributed by atoms with Crippen LogP contribution in [0.15, 0.2) is 24.3 Å². The van der Waals surface area contributed by atoms with Crippen LogP contribution in [0, 0.1) is 6.92 Å². The molecule has 2 aliphatic heterocycles. The standard InChI is InChI=1S/C26H33N5OS/c1-4-6-22-27-24(23-20-11-12-29(5-2)17-21(20)33-25(23)28-22)30-13-15-31(16-14-30)26(32)19-9-7-18(3)8-10-19/h7-10H,4-6,11-17H2,1-3H3. The minimum Gasteiger partial charge on any atom is -0.352 e. The summed E-state index contributed by atoms with van der Waals surface area (Å²) < 4.78 is 0. The van der Waals surface area contributed by atoms with Crippen molar-refractivity contribution in [3.05, 3.63) is 51.7 Å². The fourth-order valence-electron chi connectivity index (χ4n) is 4.91. The second-order valence-corrected chi connectivity index (χ2v) is 10.2. The Labute approximate surface area is 200 Å². The van der Waals surface area contributed by atoms with Crippen LogP contribution in [0.2, 0.25) is 0 Å².